The van der Waals surface area contributed by atoms with Crippen molar-refractivity contribution in [2.24, 2.45) is 0 Å². The van der Waals surface area contributed by atoms with Crippen LogP contribution in [0.4, 0.5) is 14.5 Å². The maximum absolute atomic E-state index is 14.5. The summed E-state index contributed by atoms with van der Waals surface area (Å²) in [5.41, 5.74) is -3.39. The quantitative estimate of drug-likeness (QED) is 0.479. The first-order valence-electron chi connectivity index (χ1n) is 7.67. The Labute approximate surface area is 140 Å². The molecule has 7 nitrogen and oxygen atoms in total. The molecule has 9 heteroatoms. The van der Waals surface area contributed by atoms with Gasteiger partial charge in [0.1, 0.15) is 10.9 Å². The molecule has 3 rings (SSSR count). The summed E-state index contributed by atoms with van der Waals surface area (Å²) in [6.45, 7) is 2.56. The standard InChI is InChI=1S/C16H14F2N2O5/c1-3-25-16(22)9-6-19(8-4-5-8)14-10(15(9)21)13(20(23)24)7(2)11(17)12(14)18/h6,8H,3-5H2,1-2H3. The van der Waals surface area contributed by atoms with Crippen LogP contribution in [-0.2, 0) is 4.74 Å². The van der Waals surface area contributed by atoms with Crippen molar-refractivity contribution < 1.29 is 23.2 Å². The summed E-state index contributed by atoms with van der Waals surface area (Å²) in [4.78, 5) is 35.2. The minimum Gasteiger partial charge on any atom is -0.462 e. The van der Waals surface area contributed by atoms with Crippen molar-refractivity contribution in [3.8, 4) is 0 Å². The predicted octanol–water partition coefficient (Wildman–Crippen LogP) is 3.01. The number of aromatic nitrogens is 1. The first-order chi connectivity index (χ1) is 11.8. The fourth-order valence-corrected chi connectivity index (χ4v) is 2.86. The molecule has 0 saturated heterocycles. The molecule has 1 heterocycles. The van der Waals surface area contributed by atoms with Gasteiger partial charge in [-0.05, 0) is 26.7 Å². The number of carbonyl (C=O) groups excluding carboxylic acids is 1. The van der Waals surface area contributed by atoms with E-state index >= 15 is 0 Å². The van der Waals surface area contributed by atoms with Crippen molar-refractivity contribution in [3.05, 3.63) is 49.3 Å². The fraction of sp³-hybridized carbons (Fsp3) is 0.375. The summed E-state index contributed by atoms with van der Waals surface area (Å²) in [7, 11) is 0. The lowest BCUT2D eigenvalue weighted by Gasteiger charge is -2.14. The number of benzene rings is 1. The third-order valence-electron chi connectivity index (χ3n) is 4.17. The van der Waals surface area contributed by atoms with Gasteiger partial charge in [-0.3, -0.25) is 14.9 Å². The number of esters is 1. The largest absolute Gasteiger partial charge is 0.462 e. The molecule has 0 N–H and O–H groups in total. The highest BCUT2D eigenvalue weighted by Crippen LogP contribution is 2.40. The Morgan fingerprint density at radius 3 is 2.56 bits per heavy atom. The summed E-state index contributed by atoms with van der Waals surface area (Å²) >= 11 is 0. The first kappa shape index (κ1) is 17.0. The molecule has 1 aromatic carbocycles. The molecule has 0 bridgehead atoms. The topological polar surface area (TPSA) is 91.4 Å². The van der Waals surface area contributed by atoms with Gasteiger partial charge in [0.2, 0.25) is 5.43 Å². The van der Waals surface area contributed by atoms with Gasteiger partial charge in [-0.25, -0.2) is 13.6 Å². The van der Waals surface area contributed by atoms with E-state index < -0.39 is 55.7 Å². The molecule has 1 saturated carbocycles. The van der Waals surface area contributed by atoms with Gasteiger partial charge in [0.05, 0.1) is 22.6 Å². The molecular formula is C16H14F2N2O5. The number of hydrogen-bond acceptors (Lipinski definition) is 5. The van der Waals surface area contributed by atoms with E-state index in [0.717, 1.165) is 13.1 Å². The zero-order chi connectivity index (χ0) is 18.5. The highest BCUT2D eigenvalue weighted by molar-refractivity contribution is 5.98. The van der Waals surface area contributed by atoms with Crippen molar-refractivity contribution in [1.29, 1.82) is 0 Å². The van der Waals surface area contributed by atoms with Gasteiger partial charge in [-0.2, -0.15) is 0 Å². The molecular weight excluding hydrogens is 338 g/mol. The zero-order valence-corrected chi connectivity index (χ0v) is 13.5. The van der Waals surface area contributed by atoms with Gasteiger partial charge >= 0.3 is 5.97 Å². The Balaban J connectivity index is 2.53. The number of hydrogen-bond donors (Lipinski definition) is 0. The van der Waals surface area contributed by atoms with Gasteiger partial charge in [0.25, 0.3) is 5.69 Å². The fourth-order valence-electron chi connectivity index (χ4n) is 2.86. The number of rotatable bonds is 4. The smallest absolute Gasteiger partial charge is 0.343 e. The Hall–Kier alpha value is -2.84. The number of nitro groups is 1. The molecule has 1 aliphatic carbocycles. The monoisotopic (exact) mass is 352 g/mol. The van der Waals surface area contributed by atoms with Gasteiger partial charge in [0.15, 0.2) is 11.6 Å². The van der Waals surface area contributed by atoms with Crippen LogP contribution in [0.15, 0.2) is 11.0 Å². The molecule has 1 aromatic heterocycles. The first-order valence-corrected chi connectivity index (χ1v) is 7.67. The third-order valence-corrected chi connectivity index (χ3v) is 4.17. The highest BCUT2D eigenvalue weighted by atomic mass is 19.2. The van der Waals surface area contributed by atoms with Crippen LogP contribution in [0.3, 0.4) is 0 Å². The summed E-state index contributed by atoms with van der Waals surface area (Å²) < 4.78 is 34.7. The van der Waals surface area contributed by atoms with E-state index in [1.54, 1.807) is 6.92 Å². The van der Waals surface area contributed by atoms with Crippen molar-refractivity contribution in [3.63, 3.8) is 0 Å². The summed E-state index contributed by atoms with van der Waals surface area (Å²) in [6.07, 6.45) is 2.36. The van der Waals surface area contributed by atoms with Crippen LogP contribution in [0.1, 0.15) is 41.7 Å². The molecule has 132 valence electrons. The molecule has 0 amide bonds. The van der Waals surface area contributed by atoms with E-state index in [1.807, 2.05) is 0 Å². The lowest BCUT2D eigenvalue weighted by molar-refractivity contribution is -0.383. The average molecular weight is 352 g/mol. The van der Waals surface area contributed by atoms with E-state index in [2.05, 4.69) is 0 Å². The molecule has 0 unspecified atom stereocenters. The number of pyridine rings is 1. The van der Waals surface area contributed by atoms with Gasteiger partial charge in [0, 0.05) is 12.2 Å². The van der Waals surface area contributed by atoms with Crippen LogP contribution in [-0.4, -0.2) is 22.1 Å². The molecule has 1 aliphatic rings. The summed E-state index contributed by atoms with van der Waals surface area (Å²) in [5, 5.41) is 10.8. The second-order valence-corrected chi connectivity index (χ2v) is 5.81. The third kappa shape index (κ3) is 2.55. The number of halogens is 2. The molecule has 2 aromatic rings. The number of nitrogens with zero attached hydrogens (tertiary/aromatic N) is 2. The van der Waals surface area contributed by atoms with E-state index in [1.165, 1.54) is 4.57 Å². The minimum absolute atomic E-state index is 0.00135. The molecule has 0 radical (unpaired) electrons. The SMILES string of the molecule is CCOC(=O)c1cn(C2CC2)c2c(F)c(F)c(C)c([N+](=O)[O-])c2c1=O. The Morgan fingerprint density at radius 2 is 2.04 bits per heavy atom. The lowest BCUT2D eigenvalue weighted by Crippen LogP contribution is -2.23. The normalized spacial score (nSPS) is 13.9. The van der Waals surface area contributed by atoms with Crippen LogP contribution in [0, 0.1) is 28.7 Å². The Bertz CT molecular complexity index is 979. The van der Waals surface area contributed by atoms with Crippen molar-refractivity contribution in [2.45, 2.75) is 32.7 Å². The van der Waals surface area contributed by atoms with Crippen LogP contribution in [0.5, 0.6) is 0 Å². The molecule has 0 atom stereocenters. The summed E-state index contributed by atoms with van der Waals surface area (Å²) in [6, 6.07) is -0.257. The Morgan fingerprint density at radius 1 is 1.40 bits per heavy atom. The van der Waals surface area contributed by atoms with Crippen LogP contribution in [0.2, 0.25) is 0 Å². The van der Waals surface area contributed by atoms with Gasteiger partial charge in [-0.1, -0.05) is 0 Å². The number of nitro benzene ring substituents is 1. The van der Waals surface area contributed by atoms with Crippen molar-refractivity contribution in [1.82, 2.24) is 4.57 Å². The van der Waals surface area contributed by atoms with Crippen molar-refractivity contribution >= 4 is 22.6 Å². The van der Waals surface area contributed by atoms with E-state index in [4.69, 9.17) is 4.74 Å². The maximum atomic E-state index is 14.5. The number of fused-ring (bicyclic) bond motifs is 1. The van der Waals surface area contributed by atoms with Crippen LogP contribution in [0.25, 0.3) is 10.9 Å². The van der Waals surface area contributed by atoms with Crippen molar-refractivity contribution in [2.75, 3.05) is 6.61 Å². The second-order valence-electron chi connectivity index (χ2n) is 5.81. The van der Waals surface area contributed by atoms with Gasteiger partial charge in [-0.15, -0.1) is 0 Å². The molecule has 25 heavy (non-hydrogen) atoms. The number of ether oxygens (including phenoxy) is 1. The zero-order valence-electron chi connectivity index (χ0n) is 13.5. The van der Waals surface area contributed by atoms with Crippen LogP contribution >= 0.6 is 0 Å². The highest BCUT2D eigenvalue weighted by Gasteiger charge is 2.34. The van der Waals surface area contributed by atoms with E-state index in [-0.39, 0.29) is 12.6 Å². The van der Waals surface area contributed by atoms with Gasteiger partial charge < -0.3 is 9.30 Å². The minimum atomic E-state index is -1.38. The summed E-state index contributed by atoms with van der Waals surface area (Å²) in [5.74, 6) is -3.67. The molecule has 0 spiro atoms. The number of carbonyl (C=O) groups is 1. The predicted molar refractivity (Wildman–Crippen MR) is 83.7 cm³/mol. The maximum Gasteiger partial charge on any atom is 0.343 e. The lowest BCUT2D eigenvalue weighted by atomic mass is 10.0. The Kier molecular flexibility index (Phi) is 4.02. The van der Waals surface area contributed by atoms with E-state index in [9.17, 15) is 28.5 Å². The second kappa shape index (κ2) is 5.91. The molecule has 1 fully saturated rings. The van der Waals surface area contributed by atoms with Crippen LogP contribution < -0.4 is 5.43 Å². The van der Waals surface area contributed by atoms with E-state index in [0.29, 0.717) is 12.8 Å². The molecule has 0 aliphatic heterocycles. The average Bonchev–Trinajstić information content (AvgIpc) is 3.38.